The molecule has 0 radical (unpaired) electrons. The third-order valence-electron chi connectivity index (χ3n) is 3.95. The van der Waals surface area contributed by atoms with E-state index in [4.69, 9.17) is 0 Å². The molecule has 0 aliphatic carbocycles. The van der Waals surface area contributed by atoms with Crippen molar-refractivity contribution in [1.82, 2.24) is 0 Å². The largest absolute Gasteiger partial charge is 0.393 e. The first kappa shape index (κ1) is 17.0. The molecule has 1 heteroatoms. The molecule has 0 aromatic heterocycles. The maximum absolute atomic E-state index is 9.78. The number of unbranched alkanes of at least 4 members (excludes halogenated alkanes) is 4. The number of hydrogen-bond donors (Lipinski definition) is 1. The van der Waals surface area contributed by atoms with Crippen LogP contribution in [0.15, 0.2) is 0 Å². The molecule has 0 aromatic carbocycles. The van der Waals surface area contributed by atoms with Crippen molar-refractivity contribution >= 4 is 0 Å². The molecule has 0 saturated carbocycles. The number of aliphatic hydroxyl groups excluding tert-OH is 1. The van der Waals surface area contributed by atoms with Crippen molar-refractivity contribution in [3.05, 3.63) is 0 Å². The lowest BCUT2D eigenvalue weighted by Crippen LogP contribution is -2.06. The molecule has 17 heavy (non-hydrogen) atoms. The van der Waals surface area contributed by atoms with Crippen LogP contribution in [0.3, 0.4) is 0 Å². The molecule has 104 valence electrons. The van der Waals surface area contributed by atoms with E-state index in [0.717, 1.165) is 18.8 Å². The molecule has 0 amide bonds. The van der Waals surface area contributed by atoms with Crippen LogP contribution in [0.4, 0.5) is 0 Å². The van der Waals surface area contributed by atoms with Crippen LogP contribution in [0.5, 0.6) is 0 Å². The van der Waals surface area contributed by atoms with Crippen molar-refractivity contribution in [2.45, 2.75) is 97.5 Å². The molecule has 0 aliphatic rings. The van der Waals surface area contributed by atoms with Crippen LogP contribution < -0.4 is 0 Å². The van der Waals surface area contributed by atoms with Gasteiger partial charge in [-0.1, -0.05) is 78.6 Å². The number of hydrogen-bond acceptors (Lipinski definition) is 1. The Morgan fingerprint density at radius 3 is 1.76 bits per heavy atom. The summed E-state index contributed by atoms with van der Waals surface area (Å²) in [4.78, 5) is 0. The predicted octanol–water partition coefficient (Wildman–Crippen LogP) is 5.31. The highest BCUT2D eigenvalue weighted by molar-refractivity contribution is 4.59. The SMILES string of the molecule is CCCCCC(O)CCCCCC(CC)CC. The zero-order chi connectivity index (χ0) is 12.9. The average Bonchev–Trinajstić information content (AvgIpc) is 2.34. The Labute approximate surface area is 109 Å². The molecule has 0 rings (SSSR count). The Balaban J connectivity index is 3.26. The van der Waals surface area contributed by atoms with Gasteiger partial charge in [0.15, 0.2) is 0 Å². The molecule has 0 saturated heterocycles. The van der Waals surface area contributed by atoms with E-state index >= 15 is 0 Å². The second-order valence-electron chi connectivity index (χ2n) is 5.47. The zero-order valence-corrected chi connectivity index (χ0v) is 12.4. The topological polar surface area (TPSA) is 20.2 Å². The second-order valence-corrected chi connectivity index (χ2v) is 5.47. The van der Waals surface area contributed by atoms with Gasteiger partial charge in [0, 0.05) is 0 Å². The molecule has 0 aliphatic heterocycles. The van der Waals surface area contributed by atoms with Crippen molar-refractivity contribution in [2.75, 3.05) is 0 Å². The predicted molar refractivity (Wildman–Crippen MR) is 77.3 cm³/mol. The standard InChI is InChI=1S/C16H34O/c1-4-7-9-13-16(17)14-11-8-10-12-15(5-2)6-3/h15-17H,4-14H2,1-3H3. The molecule has 1 N–H and O–H groups in total. The summed E-state index contributed by atoms with van der Waals surface area (Å²) in [5, 5.41) is 9.78. The molecule has 1 atom stereocenters. The first-order valence-corrected chi connectivity index (χ1v) is 7.92. The lowest BCUT2D eigenvalue weighted by molar-refractivity contribution is 0.147. The van der Waals surface area contributed by atoms with Gasteiger partial charge in [-0.05, 0) is 18.8 Å². The summed E-state index contributed by atoms with van der Waals surface area (Å²) >= 11 is 0. The fourth-order valence-corrected chi connectivity index (χ4v) is 2.46. The van der Waals surface area contributed by atoms with E-state index in [0.29, 0.717) is 0 Å². The van der Waals surface area contributed by atoms with Gasteiger partial charge in [0.2, 0.25) is 0 Å². The van der Waals surface area contributed by atoms with Crippen molar-refractivity contribution in [3.8, 4) is 0 Å². The monoisotopic (exact) mass is 242 g/mol. The van der Waals surface area contributed by atoms with Gasteiger partial charge < -0.3 is 5.11 Å². The zero-order valence-electron chi connectivity index (χ0n) is 12.4. The van der Waals surface area contributed by atoms with Crippen LogP contribution in [0.1, 0.15) is 91.4 Å². The first-order chi connectivity index (χ1) is 8.24. The third kappa shape index (κ3) is 10.8. The minimum Gasteiger partial charge on any atom is -0.393 e. The normalized spacial score (nSPS) is 13.2. The fourth-order valence-electron chi connectivity index (χ4n) is 2.46. The van der Waals surface area contributed by atoms with E-state index in [1.807, 2.05) is 0 Å². The van der Waals surface area contributed by atoms with Crippen molar-refractivity contribution < 1.29 is 5.11 Å². The minimum absolute atomic E-state index is 0.0327. The van der Waals surface area contributed by atoms with Gasteiger partial charge in [-0.25, -0.2) is 0 Å². The van der Waals surface area contributed by atoms with E-state index in [1.165, 1.54) is 57.8 Å². The maximum atomic E-state index is 9.78. The highest BCUT2D eigenvalue weighted by Gasteiger charge is 2.05. The molecule has 0 bridgehead atoms. The fraction of sp³-hybridized carbons (Fsp3) is 1.00. The minimum atomic E-state index is -0.0327. The van der Waals surface area contributed by atoms with E-state index in [1.54, 1.807) is 0 Å². The summed E-state index contributed by atoms with van der Waals surface area (Å²) in [5.41, 5.74) is 0. The van der Waals surface area contributed by atoms with Crippen molar-refractivity contribution in [2.24, 2.45) is 5.92 Å². The highest BCUT2D eigenvalue weighted by Crippen LogP contribution is 2.18. The number of aliphatic hydroxyl groups is 1. The van der Waals surface area contributed by atoms with Gasteiger partial charge in [-0.3, -0.25) is 0 Å². The Bertz CT molecular complexity index is 140. The molecule has 0 aromatic rings. The van der Waals surface area contributed by atoms with E-state index in [9.17, 15) is 5.11 Å². The molecular weight excluding hydrogens is 208 g/mol. The summed E-state index contributed by atoms with van der Waals surface area (Å²) in [6.45, 7) is 6.81. The van der Waals surface area contributed by atoms with Crippen LogP contribution in [-0.2, 0) is 0 Å². The molecule has 0 heterocycles. The Morgan fingerprint density at radius 1 is 0.706 bits per heavy atom. The van der Waals surface area contributed by atoms with Crippen LogP contribution in [0.2, 0.25) is 0 Å². The average molecular weight is 242 g/mol. The van der Waals surface area contributed by atoms with Crippen molar-refractivity contribution in [1.29, 1.82) is 0 Å². The Morgan fingerprint density at radius 2 is 1.24 bits per heavy atom. The lowest BCUT2D eigenvalue weighted by Gasteiger charge is -2.12. The van der Waals surface area contributed by atoms with E-state index < -0.39 is 0 Å². The van der Waals surface area contributed by atoms with Gasteiger partial charge in [0.1, 0.15) is 0 Å². The van der Waals surface area contributed by atoms with Crippen LogP contribution >= 0.6 is 0 Å². The maximum Gasteiger partial charge on any atom is 0.0540 e. The van der Waals surface area contributed by atoms with E-state index in [2.05, 4.69) is 20.8 Å². The molecular formula is C16H34O. The highest BCUT2D eigenvalue weighted by atomic mass is 16.3. The summed E-state index contributed by atoms with van der Waals surface area (Å²) in [6, 6.07) is 0. The molecule has 1 nitrogen and oxygen atoms in total. The first-order valence-electron chi connectivity index (χ1n) is 7.92. The quantitative estimate of drug-likeness (QED) is 0.460. The van der Waals surface area contributed by atoms with Gasteiger partial charge in [0.05, 0.1) is 6.10 Å². The van der Waals surface area contributed by atoms with Gasteiger partial charge in [0.25, 0.3) is 0 Å². The summed E-state index contributed by atoms with van der Waals surface area (Å²) < 4.78 is 0. The van der Waals surface area contributed by atoms with Crippen LogP contribution in [0, 0.1) is 5.92 Å². The summed E-state index contributed by atoms with van der Waals surface area (Å²) in [5.74, 6) is 0.935. The molecule has 0 spiro atoms. The van der Waals surface area contributed by atoms with Crippen molar-refractivity contribution in [3.63, 3.8) is 0 Å². The summed E-state index contributed by atoms with van der Waals surface area (Å²) in [6.07, 6.45) is 13.6. The number of rotatable bonds is 12. The van der Waals surface area contributed by atoms with Crippen LogP contribution in [0.25, 0.3) is 0 Å². The van der Waals surface area contributed by atoms with Gasteiger partial charge >= 0.3 is 0 Å². The smallest absolute Gasteiger partial charge is 0.0540 e. The second kappa shape index (κ2) is 12.4. The Kier molecular flexibility index (Phi) is 12.4. The van der Waals surface area contributed by atoms with Gasteiger partial charge in [-0.15, -0.1) is 0 Å². The Hall–Kier alpha value is -0.0400. The van der Waals surface area contributed by atoms with Crippen LogP contribution in [-0.4, -0.2) is 11.2 Å². The molecule has 1 unspecified atom stereocenters. The summed E-state index contributed by atoms with van der Waals surface area (Å²) in [7, 11) is 0. The van der Waals surface area contributed by atoms with E-state index in [-0.39, 0.29) is 6.10 Å². The third-order valence-corrected chi connectivity index (χ3v) is 3.95. The molecule has 0 fully saturated rings. The lowest BCUT2D eigenvalue weighted by atomic mass is 9.95. The van der Waals surface area contributed by atoms with Gasteiger partial charge in [-0.2, -0.15) is 0 Å².